The molecular formula is C19H22FNO3. The van der Waals surface area contributed by atoms with E-state index in [0.29, 0.717) is 12.3 Å². The van der Waals surface area contributed by atoms with E-state index in [4.69, 9.17) is 4.74 Å². The fourth-order valence-corrected chi connectivity index (χ4v) is 2.05. The minimum atomic E-state index is -0.792. The second kappa shape index (κ2) is 8.57. The largest absolute Gasteiger partial charge is 0.368 e. The highest BCUT2D eigenvalue weighted by Crippen LogP contribution is 2.13. The van der Waals surface area contributed by atoms with E-state index in [-0.39, 0.29) is 24.1 Å². The van der Waals surface area contributed by atoms with Crippen LogP contribution in [0.15, 0.2) is 48.5 Å². The van der Waals surface area contributed by atoms with Crippen LogP contribution in [0.1, 0.15) is 25.0 Å². The lowest BCUT2D eigenvalue weighted by atomic mass is 10.1. The summed E-state index contributed by atoms with van der Waals surface area (Å²) in [5.41, 5.74) is 2.34. The molecular weight excluding hydrogens is 309 g/mol. The summed E-state index contributed by atoms with van der Waals surface area (Å²) in [5.74, 6) is -0.449. The Hall–Kier alpha value is -2.24. The smallest absolute Gasteiger partial charge is 0.228 e. The Morgan fingerprint density at radius 1 is 1.08 bits per heavy atom. The van der Waals surface area contributed by atoms with Gasteiger partial charge >= 0.3 is 0 Å². The van der Waals surface area contributed by atoms with Gasteiger partial charge in [0.25, 0.3) is 0 Å². The van der Waals surface area contributed by atoms with E-state index in [0.717, 1.165) is 11.1 Å². The molecule has 0 aliphatic rings. The molecule has 1 atom stereocenters. The fraction of sp³-hybridized carbons (Fsp3) is 0.316. The van der Waals surface area contributed by atoms with Crippen LogP contribution in [0.3, 0.4) is 0 Å². The van der Waals surface area contributed by atoms with Gasteiger partial charge in [0.1, 0.15) is 5.82 Å². The van der Waals surface area contributed by atoms with Crippen LogP contribution in [-0.2, 0) is 22.6 Å². The third-order valence-electron chi connectivity index (χ3n) is 3.51. The van der Waals surface area contributed by atoms with E-state index in [1.807, 2.05) is 26.0 Å². The Kier molecular flexibility index (Phi) is 6.46. The van der Waals surface area contributed by atoms with Crippen molar-refractivity contribution in [2.75, 3.05) is 5.32 Å². The topological polar surface area (TPSA) is 58.6 Å². The van der Waals surface area contributed by atoms with Crippen LogP contribution < -0.4 is 5.32 Å². The molecule has 0 heterocycles. The molecule has 0 bridgehead atoms. The van der Waals surface area contributed by atoms with E-state index in [9.17, 15) is 14.3 Å². The predicted octanol–water partition coefficient (Wildman–Crippen LogP) is 3.50. The average molecular weight is 331 g/mol. The van der Waals surface area contributed by atoms with Crippen molar-refractivity contribution < 1.29 is 19.0 Å². The molecule has 0 aromatic heterocycles. The maximum Gasteiger partial charge on any atom is 0.228 e. The third-order valence-corrected chi connectivity index (χ3v) is 3.51. The number of halogens is 1. The van der Waals surface area contributed by atoms with Crippen LogP contribution in [0.25, 0.3) is 0 Å². The van der Waals surface area contributed by atoms with Gasteiger partial charge in [-0.15, -0.1) is 0 Å². The number of benzene rings is 2. The molecule has 1 unspecified atom stereocenters. The van der Waals surface area contributed by atoms with Gasteiger partial charge < -0.3 is 15.2 Å². The van der Waals surface area contributed by atoms with Crippen LogP contribution in [0.5, 0.6) is 0 Å². The molecule has 4 nitrogen and oxygen atoms in total. The summed E-state index contributed by atoms with van der Waals surface area (Å²) < 4.78 is 18.2. The van der Waals surface area contributed by atoms with Crippen LogP contribution in [0, 0.1) is 11.7 Å². The normalized spacial score (nSPS) is 12.2. The highest BCUT2D eigenvalue weighted by molar-refractivity contribution is 5.92. The van der Waals surface area contributed by atoms with Crippen molar-refractivity contribution in [3.63, 3.8) is 0 Å². The summed E-state index contributed by atoms with van der Waals surface area (Å²) in [6.07, 6.45) is -0.605. The highest BCUT2D eigenvalue weighted by atomic mass is 19.1. The van der Waals surface area contributed by atoms with Crippen LogP contribution in [-0.4, -0.2) is 17.3 Å². The van der Waals surface area contributed by atoms with Gasteiger partial charge in [0.2, 0.25) is 5.91 Å². The molecule has 2 aromatic carbocycles. The summed E-state index contributed by atoms with van der Waals surface area (Å²) in [4.78, 5) is 12.0. The van der Waals surface area contributed by atoms with E-state index in [2.05, 4.69) is 5.32 Å². The van der Waals surface area contributed by atoms with Gasteiger partial charge in [-0.1, -0.05) is 38.1 Å². The number of amides is 1. The molecule has 0 saturated carbocycles. The summed E-state index contributed by atoms with van der Waals surface area (Å²) in [6, 6.07) is 13.1. The quantitative estimate of drug-likeness (QED) is 0.764. The minimum absolute atomic E-state index is 0.0371. The zero-order valence-electron chi connectivity index (χ0n) is 13.8. The summed E-state index contributed by atoms with van der Waals surface area (Å²) >= 11 is 0. The van der Waals surface area contributed by atoms with Crippen LogP contribution >= 0.6 is 0 Å². The van der Waals surface area contributed by atoms with Gasteiger partial charge in [0.15, 0.2) is 6.29 Å². The number of ether oxygens (including phenoxy) is 1. The van der Waals surface area contributed by atoms with E-state index in [1.54, 1.807) is 24.3 Å². The number of hydrogen-bond donors (Lipinski definition) is 2. The number of aliphatic hydroxyl groups is 1. The Labute approximate surface area is 141 Å². The average Bonchev–Trinajstić information content (AvgIpc) is 2.56. The Balaban J connectivity index is 1.84. The van der Waals surface area contributed by atoms with Crippen molar-refractivity contribution in [3.05, 3.63) is 65.5 Å². The standard InChI is InChI=1S/C19H22FNO3/c1-13(2)19(23)24-12-15-5-9-17(10-6-15)21-18(22)11-14-3-7-16(20)8-4-14/h3-10,13,19,23H,11-12H2,1-2H3,(H,21,22). The molecule has 0 fully saturated rings. The molecule has 24 heavy (non-hydrogen) atoms. The predicted molar refractivity (Wildman–Crippen MR) is 90.8 cm³/mol. The van der Waals surface area contributed by atoms with Crippen molar-refractivity contribution >= 4 is 11.6 Å². The lowest BCUT2D eigenvalue weighted by molar-refractivity contribution is -0.134. The van der Waals surface area contributed by atoms with Gasteiger partial charge in [-0.05, 0) is 35.4 Å². The Morgan fingerprint density at radius 2 is 1.67 bits per heavy atom. The van der Waals surface area contributed by atoms with Gasteiger partial charge in [-0.3, -0.25) is 4.79 Å². The monoisotopic (exact) mass is 331 g/mol. The van der Waals surface area contributed by atoms with Gasteiger partial charge in [-0.2, -0.15) is 0 Å². The number of hydrogen-bond acceptors (Lipinski definition) is 3. The molecule has 1 amide bonds. The first-order valence-corrected chi connectivity index (χ1v) is 7.87. The van der Waals surface area contributed by atoms with Crippen molar-refractivity contribution in [3.8, 4) is 0 Å². The molecule has 5 heteroatoms. The van der Waals surface area contributed by atoms with Crippen molar-refractivity contribution in [2.45, 2.75) is 33.2 Å². The number of rotatable bonds is 7. The molecule has 0 spiro atoms. The second-order valence-corrected chi connectivity index (χ2v) is 5.99. The van der Waals surface area contributed by atoms with Crippen LogP contribution in [0.4, 0.5) is 10.1 Å². The molecule has 0 aliphatic heterocycles. The molecule has 0 aliphatic carbocycles. The van der Waals surface area contributed by atoms with Crippen LogP contribution in [0.2, 0.25) is 0 Å². The highest BCUT2D eigenvalue weighted by Gasteiger charge is 2.09. The molecule has 128 valence electrons. The maximum atomic E-state index is 12.8. The third kappa shape index (κ3) is 5.76. The summed E-state index contributed by atoms with van der Waals surface area (Å²) in [5, 5.41) is 12.4. The maximum absolute atomic E-state index is 12.8. The first-order valence-electron chi connectivity index (χ1n) is 7.87. The Bertz CT molecular complexity index is 653. The summed E-state index contributed by atoms with van der Waals surface area (Å²) in [6.45, 7) is 4.07. The van der Waals surface area contributed by atoms with Gasteiger partial charge in [0, 0.05) is 11.6 Å². The van der Waals surface area contributed by atoms with Gasteiger partial charge in [0.05, 0.1) is 13.0 Å². The van der Waals surface area contributed by atoms with Crippen molar-refractivity contribution in [1.29, 1.82) is 0 Å². The first kappa shape index (κ1) is 18.1. The fourth-order valence-electron chi connectivity index (χ4n) is 2.05. The Morgan fingerprint density at radius 3 is 2.25 bits per heavy atom. The lowest BCUT2D eigenvalue weighted by Gasteiger charge is -2.15. The number of carbonyl (C=O) groups is 1. The van der Waals surface area contributed by atoms with Crippen molar-refractivity contribution in [2.24, 2.45) is 5.92 Å². The molecule has 2 rings (SSSR count). The zero-order valence-corrected chi connectivity index (χ0v) is 13.8. The lowest BCUT2D eigenvalue weighted by Crippen LogP contribution is -2.18. The van der Waals surface area contributed by atoms with E-state index >= 15 is 0 Å². The second-order valence-electron chi connectivity index (χ2n) is 5.99. The van der Waals surface area contributed by atoms with Crippen molar-refractivity contribution in [1.82, 2.24) is 0 Å². The number of aliphatic hydroxyl groups excluding tert-OH is 1. The number of nitrogens with one attached hydrogen (secondary N) is 1. The molecule has 2 N–H and O–H groups in total. The van der Waals surface area contributed by atoms with Gasteiger partial charge in [-0.25, -0.2) is 4.39 Å². The number of carbonyl (C=O) groups excluding carboxylic acids is 1. The van der Waals surface area contributed by atoms with E-state index in [1.165, 1.54) is 12.1 Å². The molecule has 2 aromatic rings. The first-order chi connectivity index (χ1) is 11.4. The van der Waals surface area contributed by atoms with E-state index < -0.39 is 6.29 Å². The SMILES string of the molecule is CC(C)C(O)OCc1ccc(NC(=O)Cc2ccc(F)cc2)cc1. The summed E-state index contributed by atoms with van der Waals surface area (Å²) in [7, 11) is 0. The molecule has 0 saturated heterocycles. The minimum Gasteiger partial charge on any atom is -0.368 e. The molecule has 0 radical (unpaired) electrons. The zero-order chi connectivity index (χ0) is 17.5. The number of anilines is 1.